The van der Waals surface area contributed by atoms with E-state index in [1.54, 1.807) is 12.3 Å². The molecule has 1 fully saturated rings. The van der Waals surface area contributed by atoms with Crippen molar-refractivity contribution in [2.75, 3.05) is 20.2 Å². The number of hydrogen-bond donors (Lipinski definition) is 1. The van der Waals surface area contributed by atoms with E-state index in [-0.39, 0.29) is 24.2 Å². The molecule has 1 unspecified atom stereocenters. The van der Waals surface area contributed by atoms with E-state index in [4.69, 9.17) is 9.47 Å². The van der Waals surface area contributed by atoms with Crippen molar-refractivity contribution in [2.45, 2.75) is 51.7 Å². The quantitative estimate of drug-likeness (QED) is 0.869. The van der Waals surface area contributed by atoms with Crippen LogP contribution in [0.5, 0.6) is 11.9 Å². The Balaban J connectivity index is 1.91. The van der Waals surface area contributed by atoms with Gasteiger partial charge in [0.05, 0.1) is 13.7 Å². The molecule has 0 radical (unpaired) electrons. The average Bonchev–Trinajstić information content (AvgIpc) is 2.59. The van der Waals surface area contributed by atoms with Gasteiger partial charge in [0.1, 0.15) is 6.10 Å². The monoisotopic (exact) mass is 322 g/mol. The van der Waals surface area contributed by atoms with Crippen LogP contribution in [0.1, 0.15) is 39.5 Å². The highest BCUT2D eigenvalue weighted by Gasteiger charge is 2.26. The van der Waals surface area contributed by atoms with Crippen molar-refractivity contribution in [3.8, 4) is 11.9 Å². The summed E-state index contributed by atoms with van der Waals surface area (Å²) in [6.45, 7) is 5.50. The zero-order chi connectivity index (χ0) is 16.7. The SMILES string of the molecule is CCC(CC)NC(=O)N1CCCC(Oc2ccnc(OC)n2)C1. The van der Waals surface area contributed by atoms with Crippen LogP contribution in [0.2, 0.25) is 0 Å². The molecule has 1 saturated heterocycles. The van der Waals surface area contributed by atoms with Gasteiger partial charge >= 0.3 is 12.0 Å². The summed E-state index contributed by atoms with van der Waals surface area (Å²) in [5.41, 5.74) is 0. The molecule has 0 aliphatic carbocycles. The molecule has 128 valence electrons. The van der Waals surface area contributed by atoms with Gasteiger partial charge in [-0.3, -0.25) is 0 Å². The maximum Gasteiger partial charge on any atom is 0.319 e. The van der Waals surface area contributed by atoms with Gasteiger partial charge in [-0.2, -0.15) is 4.98 Å². The van der Waals surface area contributed by atoms with Crippen molar-refractivity contribution >= 4 is 6.03 Å². The molecule has 7 nitrogen and oxygen atoms in total. The number of hydrogen-bond acceptors (Lipinski definition) is 5. The predicted molar refractivity (Wildman–Crippen MR) is 86.7 cm³/mol. The number of ether oxygens (including phenoxy) is 2. The summed E-state index contributed by atoms with van der Waals surface area (Å²) < 4.78 is 10.9. The fourth-order valence-corrected chi connectivity index (χ4v) is 2.64. The van der Waals surface area contributed by atoms with Gasteiger partial charge in [0.2, 0.25) is 5.88 Å². The van der Waals surface area contributed by atoms with E-state index in [1.807, 2.05) is 4.90 Å². The first kappa shape index (κ1) is 17.3. The van der Waals surface area contributed by atoms with Gasteiger partial charge in [0.25, 0.3) is 0 Å². The van der Waals surface area contributed by atoms with E-state index in [0.717, 1.165) is 32.2 Å². The number of amides is 2. The molecule has 7 heteroatoms. The molecule has 0 saturated carbocycles. The molecule has 1 N–H and O–H groups in total. The first-order chi connectivity index (χ1) is 11.2. The minimum Gasteiger partial charge on any atom is -0.472 e. The van der Waals surface area contributed by atoms with E-state index >= 15 is 0 Å². The number of nitrogens with zero attached hydrogens (tertiary/aromatic N) is 3. The Bertz CT molecular complexity index is 508. The number of nitrogens with one attached hydrogen (secondary N) is 1. The molecular weight excluding hydrogens is 296 g/mol. The van der Waals surface area contributed by atoms with E-state index in [0.29, 0.717) is 12.4 Å². The van der Waals surface area contributed by atoms with E-state index in [1.165, 1.54) is 7.11 Å². The number of aromatic nitrogens is 2. The van der Waals surface area contributed by atoms with Gasteiger partial charge in [-0.25, -0.2) is 9.78 Å². The Labute approximate surface area is 137 Å². The molecule has 1 aliphatic rings. The summed E-state index contributed by atoms with van der Waals surface area (Å²) in [5, 5.41) is 3.07. The van der Waals surface area contributed by atoms with Gasteiger partial charge < -0.3 is 19.7 Å². The second kappa shape index (κ2) is 8.55. The third-order valence-electron chi connectivity index (χ3n) is 4.06. The molecule has 1 aromatic heterocycles. The molecule has 0 aromatic carbocycles. The summed E-state index contributed by atoms with van der Waals surface area (Å²) in [6, 6.07) is 2.20. The first-order valence-corrected chi connectivity index (χ1v) is 8.25. The maximum absolute atomic E-state index is 12.3. The van der Waals surface area contributed by atoms with Crippen molar-refractivity contribution in [1.29, 1.82) is 0 Å². The Kier molecular flexibility index (Phi) is 6.43. The standard InChI is InChI=1S/C16H26N4O3/c1-4-12(5-2)18-16(21)20-10-6-7-13(11-20)23-14-8-9-17-15(19-14)22-3/h8-9,12-13H,4-7,10-11H2,1-3H3,(H,18,21). The number of methoxy groups -OCH3 is 1. The number of likely N-dealkylation sites (tertiary alicyclic amines) is 1. The fourth-order valence-electron chi connectivity index (χ4n) is 2.64. The van der Waals surface area contributed by atoms with Crippen molar-refractivity contribution in [3.63, 3.8) is 0 Å². The van der Waals surface area contributed by atoms with Gasteiger partial charge in [0.15, 0.2) is 0 Å². The second-order valence-corrected chi connectivity index (χ2v) is 5.67. The molecular formula is C16H26N4O3. The molecule has 1 aromatic rings. The zero-order valence-electron chi connectivity index (χ0n) is 14.1. The van der Waals surface area contributed by atoms with E-state index in [2.05, 4.69) is 29.1 Å². The molecule has 23 heavy (non-hydrogen) atoms. The molecule has 2 heterocycles. The van der Waals surface area contributed by atoms with Gasteiger partial charge in [-0.05, 0) is 25.7 Å². The molecule has 0 bridgehead atoms. The third kappa shape index (κ3) is 4.97. The van der Waals surface area contributed by atoms with Crippen LogP contribution in [-0.2, 0) is 0 Å². The summed E-state index contributed by atoms with van der Waals surface area (Å²) in [7, 11) is 1.52. The molecule has 2 rings (SSSR count). The van der Waals surface area contributed by atoms with Crippen LogP contribution in [-0.4, -0.2) is 53.2 Å². The van der Waals surface area contributed by atoms with Crippen molar-refractivity contribution in [2.24, 2.45) is 0 Å². The summed E-state index contributed by atoms with van der Waals surface area (Å²) in [5.74, 6) is 0.476. The van der Waals surface area contributed by atoms with E-state index < -0.39 is 0 Å². The maximum atomic E-state index is 12.3. The molecule has 2 amide bonds. The van der Waals surface area contributed by atoms with Crippen molar-refractivity contribution in [1.82, 2.24) is 20.2 Å². The lowest BCUT2D eigenvalue weighted by Gasteiger charge is -2.33. The Hall–Kier alpha value is -2.05. The molecule has 0 spiro atoms. The van der Waals surface area contributed by atoms with Crippen LogP contribution in [0.3, 0.4) is 0 Å². The summed E-state index contributed by atoms with van der Waals surface area (Å²) >= 11 is 0. The first-order valence-electron chi connectivity index (χ1n) is 8.25. The van der Waals surface area contributed by atoms with Crippen LogP contribution in [0, 0.1) is 0 Å². The smallest absolute Gasteiger partial charge is 0.319 e. The number of piperidine rings is 1. The van der Waals surface area contributed by atoms with Crippen molar-refractivity contribution < 1.29 is 14.3 Å². The Morgan fingerprint density at radius 1 is 1.48 bits per heavy atom. The zero-order valence-corrected chi connectivity index (χ0v) is 14.1. The molecule has 1 aliphatic heterocycles. The highest BCUT2D eigenvalue weighted by atomic mass is 16.5. The van der Waals surface area contributed by atoms with E-state index in [9.17, 15) is 4.79 Å². The second-order valence-electron chi connectivity index (χ2n) is 5.67. The lowest BCUT2D eigenvalue weighted by molar-refractivity contribution is 0.0957. The van der Waals surface area contributed by atoms with Crippen LogP contribution < -0.4 is 14.8 Å². The van der Waals surface area contributed by atoms with Crippen LogP contribution in [0.25, 0.3) is 0 Å². The lowest BCUT2D eigenvalue weighted by atomic mass is 10.1. The van der Waals surface area contributed by atoms with Gasteiger partial charge in [-0.1, -0.05) is 13.8 Å². The van der Waals surface area contributed by atoms with Crippen LogP contribution in [0.4, 0.5) is 4.79 Å². The Morgan fingerprint density at radius 2 is 2.26 bits per heavy atom. The lowest BCUT2D eigenvalue weighted by Crippen LogP contribution is -2.50. The molecule has 1 atom stereocenters. The Morgan fingerprint density at radius 3 is 2.96 bits per heavy atom. The highest BCUT2D eigenvalue weighted by molar-refractivity contribution is 5.74. The van der Waals surface area contributed by atoms with Crippen molar-refractivity contribution in [3.05, 3.63) is 12.3 Å². The number of carbonyl (C=O) groups excluding carboxylic acids is 1. The van der Waals surface area contributed by atoms with Crippen LogP contribution >= 0.6 is 0 Å². The van der Waals surface area contributed by atoms with Crippen LogP contribution in [0.15, 0.2) is 12.3 Å². The minimum absolute atomic E-state index is 0.00716. The normalized spacial score (nSPS) is 17.9. The fraction of sp³-hybridized carbons (Fsp3) is 0.688. The third-order valence-corrected chi connectivity index (χ3v) is 4.06. The highest BCUT2D eigenvalue weighted by Crippen LogP contribution is 2.18. The number of urea groups is 1. The topological polar surface area (TPSA) is 76.6 Å². The predicted octanol–water partition coefficient (Wildman–Crippen LogP) is 2.23. The average molecular weight is 322 g/mol. The minimum atomic E-state index is -0.0594. The summed E-state index contributed by atoms with van der Waals surface area (Å²) in [6.07, 6.45) is 5.25. The van der Waals surface area contributed by atoms with Gasteiger partial charge in [-0.15, -0.1) is 0 Å². The summed E-state index contributed by atoms with van der Waals surface area (Å²) in [4.78, 5) is 22.3. The largest absolute Gasteiger partial charge is 0.472 e. The van der Waals surface area contributed by atoms with Gasteiger partial charge in [0, 0.05) is 24.8 Å². The number of rotatable bonds is 6. The number of carbonyl (C=O) groups is 1.